The second-order valence-electron chi connectivity index (χ2n) is 7.08. The molecule has 0 aliphatic carbocycles. The van der Waals surface area contributed by atoms with Crippen molar-refractivity contribution in [3.8, 4) is 0 Å². The fourth-order valence-corrected chi connectivity index (χ4v) is 3.36. The van der Waals surface area contributed by atoms with E-state index in [-0.39, 0.29) is 31.3 Å². The predicted molar refractivity (Wildman–Crippen MR) is 94.4 cm³/mol. The van der Waals surface area contributed by atoms with E-state index in [1.807, 2.05) is 0 Å². The first kappa shape index (κ1) is 23.4. The Hall–Kier alpha value is -3.31. The number of carbonyl (C=O) groups excluding carboxylic acids is 1. The van der Waals surface area contributed by atoms with Crippen molar-refractivity contribution in [2.24, 2.45) is 0 Å². The third-order valence-electron chi connectivity index (χ3n) is 4.92. The van der Waals surface area contributed by atoms with Crippen LogP contribution in [-0.2, 0) is 17.1 Å². The molecule has 2 atom stereocenters. The zero-order valence-corrected chi connectivity index (χ0v) is 15.9. The van der Waals surface area contributed by atoms with Gasteiger partial charge in [0.2, 0.25) is 0 Å². The van der Waals surface area contributed by atoms with E-state index in [0.717, 1.165) is 17.0 Å². The Bertz CT molecular complexity index is 986. The third-order valence-corrected chi connectivity index (χ3v) is 4.92. The number of benzene rings is 2. The number of hydrogen-bond donors (Lipinski definition) is 1. The Kier molecular flexibility index (Phi) is 6.07. The molecule has 1 amide bonds. The van der Waals surface area contributed by atoms with Crippen molar-refractivity contribution in [3.05, 3.63) is 70.5 Å². The van der Waals surface area contributed by atoms with Gasteiger partial charge in [-0.3, -0.25) is 0 Å². The van der Waals surface area contributed by atoms with Crippen LogP contribution in [0.4, 0.5) is 35.5 Å². The van der Waals surface area contributed by atoms with Crippen molar-refractivity contribution in [1.29, 1.82) is 0 Å². The molecule has 0 spiro atoms. The van der Waals surface area contributed by atoms with Crippen molar-refractivity contribution in [2.75, 3.05) is 13.1 Å². The second kappa shape index (κ2) is 8.32. The lowest BCUT2D eigenvalue weighted by Gasteiger charge is -2.20. The first-order valence-electron chi connectivity index (χ1n) is 8.99. The summed E-state index contributed by atoms with van der Waals surface area (Å²) in [5.74, 6) is -2.87. The fraction of sp³-hybridized carbons (Fsp3) is 0.300. The summed E-state index contributed by atoms with van der Waals surface area (Å²) in [4.78, 5) is 24.7. The molecule has 1 aliphatic heterocycles. The second-order valence-corrected chi connectivity index (χ2v) is 7.08. The van der Waals surface area contributed by atoms with Crippen LogP contribution in [-0.4, -0.2) is 41.3 Å². The van der Waals surface area contributed by atoms with Crippen LogP contribution in [0.15, 0.2) is 42.5 Å². The van der Waals surface area contributed by atoms with Gasteiger partial charge in [-0.2, -0.15) is 26.3 Å². The number of esters is 1. The van der Waals surface area contributed by atoms with Crippen molar-refractivity contribution < 1.29 is 50.2 Å². The molecule has 0 saturated carbocycles. The summed E-state index contributed by atoms with van der Waals surface area (Å²) in [6.45, 7) is -0.538. The molecule has 0 radical (unpaired) electrons. The first-order valence-corrected chi connectivity index (χ1v) is 8.99. The predicted octanol–water partition coefficient (Wildman–Crippen LogP) is 5.17. The number of ether oxygens (including phenoxy) is 1. The molecule has 1 N–H and O–H groups in total. The van der Waals surface area contributed by atoms with Crippen molar-refractivity contribution >= 4 is 12.1 Å². The highest BCUT2D eigenvalue weighted by Crippen LogP contribution is 2.37. The van der Waals surface area contributed by atoms with Gasteiger partial charge in [-0.1, -0.05) is 12.1 Å². The lowest BCUT2D eigenvalue weighted by Crippen LogP contribution is -2.29. The Morgan fingerprint density at radius 2 is 1.44 bits per heavy atom. The Balaban J connectivity index is 1.93. The molecular formula is C20H14F7NO4. The standard InChI is InChI=1S/C20H14F7NO4/c21-14-3-1-10(2-4-14)15-8-28(18(30)31)9-16(15)32-17(29)11-5-12(19(22,23)24)7-13(6-11)20(25,26)27/h1-7,15-16H,8-9H2,(H,30,31). The molecule has 5 nitrogen and oxygen atoms in total. The Morgan fingerprint density at radius 3 is 1.91 bits per heavy atom. The fourth-order valence-electron chi connectivity index (χ4n) is 3.36. The largest absolute Gasteiger partial charge is 0.465 e. The van der Waals surface area contributed by atoms with Gasteiger partial charge in [0.05, 0.1) is 23.2 Å². The maximum Gasteiger partial charge on any atom is 0.416 e. The van der Waals surface area contributed by atoms with Crippen LogP contribution >= 0.6 is 0 Å². The molecule has 32 heavy (non-hydrogen) atoms. The molecule has 1 aliphatic rings. The molecule has 1 fully saturated rings. The number of halogens is 7. The van der Waals surface area contributed by atoms with Gasteiger partial charge >= 0.3 is 24.4 Å². The number of amides is 1. The van der Waals surface area contributed by atoms with Crippen LogP contribution in [0.5, 0.6) is 0 Å². The van der Waals surface area contributed by atoms with E-state index in [9.17, 15) is 45.4 Å². The molecule has 1 saturated heterocycles. The molecule has 0 aromatic heterocycles. The van der Waals surface area contributed by atoms with Gasteiger partial charge < -0.3 is 14.7 Å². The lowest BCUT2D eigenvalue weighted by atomic mass is 9.96. The summed E-state index contributed by atoms with van der Waals surface area (Å²) in [7, 11) is 0. The molecule has 12 heteroatoms. The number of carbonyl (C=O) groups is 2. The van der Waals surface area contributed by atoms with Gasteiger partial charge in [-0.15, -0.1) is 0 Å². The van der Waals surface area contributed by atoms with E-state index < -0.39 is 58.9 Å². The Morgan fingerprint density at radius 1 is 0.906 bits per heavy atom. The van der Waals surface area contributed by atoms with Crippen LogP contribution in [0.3, 0.4) is 0 Å². The quantitative estimate of drug-likeness (QED) is 0.502. The summed E-state index contributed by atoms with van der Waals surface area (Å²) in [6, 6.07) is 5.14. The number of rotatable bonds is 3. The van der Waals surface area contributed by atoms with E-state index in [1.165, 1.54) is 12.1 Å². The summed E-state index contributed by atoms with van der Waals surface area (Å²) in [6.07, 6.45) is -12.9. The topological polar surface area (TPSA) is 66.8 Å². The first-order chi connectivity index (χ1) is 14.8. The molecule has 2 unspecified atom stereocenters. The van der Waals surface area contributed by atoms with Crippen molar-refractivity contribution in [1.82, 2.24) is 4.90 Å². The van der Waals surface area contributed by atoms with Gasteiger partial charge in [0.25, 0.3) is 0 Å². The van der Waals surface area contributed by atoms with Gasteiger partial charge in [-0.05, 0) is 35.9 Å². The summed E-state index contributed by atoms with van der Waals surface area (Å²) in [5.41, 5.74) is -3.98. The highest BCUT2D eigenvalue weighted by atomic mass is 19.4. The maximum atomic E-state index is 13.2. The SMILES string of the molecule is O=C(OC1CN(C(=O)O)CC1c1ccc(F)cc1)c1cc(C(F)(F)F)cc(C(F)(F)F)c1. The number of nitrogens with zero attached hydrogens (tertiary/aromatic N) is 1. The van der Waals surface area contributed by atoms with Crippen molar-refractivity contribution in [2.45, 2.75) is 24.4 Å². The molecule has 2 aromatic carbocycles. The normalized spacial score (nSPS) is 19.2. The zero-order valence-electron chi connectivity index (χ0n) is 15.9. The monoisotopic (exact) mass is 465 g/mol. The molecule has 1 heterocycles. The highest BCUT2D eigenvalue weighted by molar-refractivity contribution is 5.90. The molecule has 2 aromatic rings. The van der Waals surface area contributed by atoms with Crippen LogP contribution in [0.2, 0.25) is 0 Å². The number of hydrogen-bond acceptors (Lipinski definition) is 3. The third kappa shape index (κ3) is 5.11. The lowest BCUT2D eigenvalue weighted by molar-refractivity contribution is -0.143. The van der Waals surface area contributed by atoms with E-state index >= 15 is 0 Å². The van der Waals surface area contributed by atoms with E-state index in [2.05, 4.69) is 0 Å². The minimum Gasteiger partial charge on any atom is -0.465 e. The highest BCUT2D eigenvalue weighted by Gasteiger charge is 2.41. The number of carboxylic acid groups (broad SMARTS) is 1. The Labute approximate surface area is 176 Å². The summed E-state index contributed by atoms with van der Waals surface area (Å²) in [5, 5.41) is 9.22. The van der Waals surface area contributed by atoms with Gasteiger partial charge in [0.1, 0.15) is 11.9 Å². The summed E-state index contributed by atoms with van der Waals surface area (Å²) >= 11 is 0. The van der Waals surface area contributed by atoms with Crippen LogP contribution in [0, 0.1) is 5.82 Å². The van der Waals surface area contributed by atoms with Gasteiger partial charge in [0, 0.05) is 12.5 Å². The minimum atomic E-state index is -5.15. The van der Waals surface area contributed by atoms with E-state index in [4.69, 9.17) is 4.74 Å². The van der Waals surface area contributed by atoms with Crippen LogP contribution in [0.25, 0.3) is 0 Å². The van der Waals surface area contributed by atoms with Crippen LogP contribution < -0.4 is 0 Å². The summed E-state index contributed by atoms with van der Waals surface area (Å²) < 4.78 is 96.6. The molecular weight excluding hydrogens is 451 g/mol. The van der Waals surface area contributed by atoms with E-state index in [1.54, 1.807) is 0 Å². The smallest absolute Gasteiger partial charge is 0.416 e. The average molecular weight is 465 g/mol. The molecule has 172 valence electrons. The van der Waals surface area contributed by atoms with Crippen molar-refractivity contribution in [3.63, 3.8) is 0 Å². The van der Waals surface area contributed by atoms with Gasteiger partial charge in [0.15, 0.2) is 0 Å². The average Bonchev–Trinajstić information content (AvgIpc) is 3.11. The number of likely N-dealkylation sites (tertiary alicyclic amines) is 1. The molecule has 3 rings (SSSR count). The van der Waals surface area contributed by atoms with E-state index in [0.29, 0.717) is 5.56 Å². The van der Waals surface area contributed by atoms with Gasteiger partial charge in [-0.25, -0.2) is 14.0 Å². The zero-order chi connectivity index (χ0) is 23.8. The van der Waals surface area contributed by atoms with Crippen LogP contribution in [0.1, 0.15) is 33.0 Å². The minimum absolute atomic E-state index is 0.125. The number of alkyl halides is 6. The molecule has 0 bridgehead atoms. The maximum absolute atomic E-state index is 13.2.